The fourth-order valence-corrected chi connectivity index (χ4v) is 5.91. The fourth-order valence-electron chi connectivity index (χ4n) is 5.91. The second kappa shape index (κ2) is 10.3. The number of rotatable bonds is 5. The highest BCUT2D eigenvalue weighted by Gasteiger charge is 2.51. The van der Waals surface area contributed by atoms with Crippen molar-refractivity contribution in [2.45, 2.75) is 62.5 Å². The van der Waals surface area contributed by atoms with Crippen molar-refractivity contribution >= 4 is 5.91 Å². The minimum atomic E-state index is -4.88. The summed E-state index contributed by atoms with van der Waals surface area (Å²) in [4.78, 5) is 21.3. The van der Waals surface area contributed by atoms with Gasteiger partial charge in [-0.05, 0) is 56.4 Å². The molecule has 39 heavy (non-hydrogen) atoms. The number of hydrazine groups is 1. The zero-order valence-corrected chi connectivity index (χ0v) is 21.3. The number of hydrogen-bond donors (Lipinski definition) is 4. The van der Waals surface area contributed by atoms with Gasteiger partial charge in [-0.2, -0.15) is 13.2 Å². The summed E-state index contributed by atoms with van der Waals surface area (Å²) >= 11 is 0. The number of nitrogens with zero attached hydrogens (tertiary/aromatic N) is 2. The summed E-state index contributed by atoms with van der Waals surface area (Å²) < 4.78 is 56.5. The van der Waals surface area contributed by atoms with Gasteiger partial charge in [0.05, 0.1) is 28.8 Å². The Labute approximate surface area is 223 Å². The molecule has 1 aliphatic heterocycles. The summed E-state index contributed by atoms with van der Waals surface area (Å²) in [6.07, 6.45) is -0.892. The lowest BCUT2D eigenvalue weighted by molar-refractivity contribution is -0.137. The molecule has 1 aliphatic carbocycles. The summed E-state index contributed by atoms with van der Waals surface area (Å²) in [6, 6.07) is 11.0. The van der Waals surface area contributed by atoms with Gasteiger partial charge < -0.3 is 10.4 Å². The molecule has 5 rings (SSSR count). The molecule has 1 aromatic heterocycles. The Morgan fingerprint density at radius 1 is 1.03 bits per heavy atom. The van der Waals surface area contributed by atoms with Crippen LogP contribution in [0.15, 0.2) is 60.9 Å². The van der Waals surface area contributed by atoms with Crippen LogP contribution >= 0.6 is 0 Å². The molecule has 11 heteroatoms. The second-order valence-electron chi connectivity index (χ2n) is 10.7. The lowest BCUT2D eigenvalue weighted by atomic mass is 9.68. The highest BCUT2D eigenvalue weighted by molar-refractivity contribution is 5.96. The van der Waals surface area contributed by atoms with Crippen LogP contribution in [-0.2, 0) is 6.18 Å². The van der Waals surface area contributed by atoms with E-state index in [-0.39, 0.29) is 29.7 Å². The number of alkyl halides is 3. The molecule has 0 spiro atoms. The summed E-state index contributed by atoms with van der Waals surface area (Å²) in [5, 5.41) is 13.6. The third-order valence-corrected chi connectivity index (χ3v) is 7.68. The number of hydrogen-bond acceptors (Lipinski definition) is 6. The molecule has 5 unspecified atom stereocenters. The molecule has 2 fully saturated rings. The van der Waals surface area contributed by atoms with E-state index in [2.05, 4.69) is 26.1 Å². The number of nitrogens with one attached hydrogen (secondary N) is 3. The number of halogens is 4. The van der Waals surface area contributed by atoms with Crippen molar-refractivity contribution in [3.8, 4) is 11.4 Å². The summed E-state index contributed by atoms with van der Waals surface area (Å²) in [5.74, 6) is -2.62. The average Bonchev–Trinajstić information content (AvgIpc) is 3.35. The molecule has 1 saturated heterocycles. The molecule has 1 amide bonds. The van der Waals surface area contributed by atoms with Gasteiger partial charge in [0.25, 0.3) is 5.91 Å². The number of carbonyl (C=O) groups excluding carboxylic acids is 1. The van der Waals surface area contributed by atoms with E-state index < -0.39 is 46.2 Å². The zero-order valence-electron chi connectivity index (χ0n) is 21.3. The van der Waals surface area contributed by atoms with E-state index in [0.717, 1.165) is 18.1 Å². The molecule has 2 aliphatic rings. The van der Waals surface area contributed by atoms with Crippen molar-refractivity contribution in [3.05, 3.63) is 83.4 Å². The number of carbonyl (C=O) groups is 1. The molecule has 2 heterocycles. The van der Waals surface area contributed by atoms with Crippen LogP contribution in [-0.4, -0.2) is 44.7 Å². The molecular formula is C28H29F4N5O2. The molecule has 5 atom stereocenters. The van der Waals surface area contributed by atoms with Crippen LogP contribution in [0.3, 0.4) is 0 Å². The standard InChI is InChI=1S/C28H29F4N5O2/c1-27(2,39)24-17-10-9-16(15-7-4-3-5-8-15)22(23(17)36-37-24)35-26(38)19-13-18(25-33-11-6-12-34-25)20(14-21(19)29)28(30,31)32/h3-8,11-14,16-17,22-24,36-37,39H,9-10H2,1-2H3,(H,35,38). The van der Waals surface area contributed by atoms with Crippen LogP contribution < -0.4 is 16.2 Å². The van der Waals surface area contributed by atoms with Gasteiger partial charge in [-0.1, -0.05) is 30.3 Å². The number of aromatic nitrogens is 2. The normalized spacial score (nSPS) is 25.3. The van der Waals surface area contributed by atoms with E-state index in [1.165, 1.54) is 18.5 Å². The molecular weight excluding hydrogens is 514 g/mol. The molecule has 0 bridgehead atoms. The Morgan fingerprint density at radius 3 is 2.36 bits per heavy atom. The van der Waals surface area contributed by atoms with Crippen LogP contribution in [0.1, 0.15) is 54.1 Å². The molecule has 7 nitrogen and oxygen atoms in total. The quantitative estimate of drug-likeness (QED) is 0.360. The smallest absolute Gasteiger partial charge is 0.389 e. The third kappa shape index (κ3) is 5.39. The first-order valence-electron chi connectivity index (χ1n) is 12.7. The predicted molar refractivity (Wildman–Crippen MR) is 136 cm³/mol. The highest BCUT2D eigenvalue weighted by Crippen LogP contribution is 2.42. The van der Waals surface area contributed by atoms with E-state index in [0.29, 0.717) is 12.5 Å². The Balaban J connectivity index is 1.52. The molecule has 1 saturated carbocycles. The van der Waals surface area contributed by atoms with Gasteiger partial charge in [-0.3, -0.25) is 15.6 Å². The highest BCUT2D eigenvalue weighted by atomic mass is 19.4. The maximum absolute atomic E-state index is 15.1. The number of amides is 1. The maximum Gasteiger partial charge on any atom is 0.417 e. The van der Waals surface area contributed by atoms with Crippen LogP contribution in [0, 0.1) is 11.7 Å². The minimum absolute atomic E-state index is 0.0546. The zero-order chi connectivity index (χ0) is 27.9. The SMILES string of the molecule is CC(C)(O)C1NNC2C1CCC(c1ccccc1)C2NC(=O)c1cc(-c2ncccn2)c(C(F)(F)F)cc1F. The second-order valence-corrected chi connectivity index (χ2v) is 10.7. The van der Waals surface area contributed by atoms with Gasteiger partial charge in [0.15, 0.2) is 5.82 Å². The summed E-state index contributed by atoms with van der Waals surface area (Å²) in [7, 11) is 0. The topological polar surface area (TPSA) is 99.2 Å². The molecule has 2 aromatic carbocycles. The van der Waals surface area contributed by atoms with E-state index in [9.17, 15) is 23.1 Å². The van der Waals surface area contributed by atoms with Crippen molar-refractivity contribution in [3.63, 3.8) is 0 Å². The van der Waals surface area contributed by atoms with Crippen molar-refractivity contribution in [1.82, 2.24) is 26.1 Å². The molecule has 206 valence electrons. The lowest BCUT2D eigenvalue weighted by Gasteiger charge is -2.42. The van der Waals surface area contributed by atoms with Gasteiger partial charge in [-0.15, -0.1) is 0 Å². The summed E-state index contributed by atoms with van der Waals surface area (Å²) in [6.45, 7) is 3.41. The van der Waals surface area contributed by atoms with Crippen molar-refractivity contribution in [2.24, 2.45) is 5.92 Å². The lowest BCUT2D eigenvalue weighted by Crippen LogP contribution is -2.56. The Kier molecular flexibility index (Phi) is 7.17. The van der Waals surface area contributed by atoms with Gasteiger partial charge >= 0.3 is 6.18 Å². The fraction of sp³-hybridized carbons (Fsp3) is 0.393. The van der Waals surface area contributed by atoms with Crippen LogP contribution in [0.2, 0.25) is 0 Å². The average molecular weight is 544 g/mol. The number of fused-ring (bicyclic) bond motifs is 1. The number of aliphatic hydroxyl groups is 1. The molecule has 3 aromatic rings. The largest absolute Gasteiger partial charge is 0.417 e. The Morgan fingerprint density at radius 2 is 1.72 bits per heavy atom. The van der Waals surface area contributed by atoms with E-state index >= 15 is 4.39 Å². The monoisotopic (exact) mass is 543 g/mol. The van der Waals surface area contributed by atoms with Gasteiger partial charge in [0.2, 0.25) is 0 Å². The van der Waals surface area contributed by atoms with E-state index in [4.69, 9.17) is 0 Å². The van der Waals surface area contributed by atoms with Gasteiger partial charge in [0, 0.05) is 29.9 Å². The molecule has 0 radical (unpaired) electrons. The maximum atomic E-state index is 15.1. The third-order valence-electron chi connectivity index (χ3n) is 7.68. The van der Waals surface area contributed by atoms with Crippen LogP contribution in [0.4, 0.5) is 17.6 Å². The number of benzene rings is 2. The first-order chi connectivity index (χ1) is 18.4. The van der Waals surface area contributed by atoms with Crippen molar-refractivity contribution < 1.29 is 27.5 Å². The van der Waals surface area contributed by atoms with Crippen molar-refractivity contribution in [2.75, 3.05) is 0 Å². The molecule has 4 N–H and O–H groups in total. The van der Waals surface area contributed by atoms with Gasteiger partial charge in [-0.25, -0.2) is 14.4 Å². The minimum Gasteiger partial charge on any atom is -0.389 e. The van der Waals surface area contributed by atoms with Crippen LogP contribution in [0.5, 0.6) is 0 Å². The first-order valence-corrected chi connectivity index (χ1v) is 12.7. The van der Waals surface area contributed by atoms with Crippen LogP contribution in [0.25, 0.3) is 11.4 Å². The predicted octanol–water partition coefficient (Wildman–Crippen LogP) is 4.21. The van der Waals surface area contributed by atoms with E-state index in [1.807, 2.05) is 30.3 Å². The first kappa shape index (κ1) is 27.2. The van der Waals surface area contributed by atoms with Gasteiger partial charge in [0.1, 0.15) is 5.82 Å². The Bertz CT molecular complexity index is 1330. The van der Waals surface area contributed by atoms with Crippen molar-refractivity contribution in [1.29, 1.82) is 0 Å². The summed E-state index contributed by atoms with van der Waals surface area (Å²) in [5.41, 5.74) is 4.00. The van der Waals surface area contributed by atoms with E-state index in [1.54, 1.807) is 13.8 Å². The Hall–Kier alpha value is -3.41.